The number of halogens is 2. The van der Waals surface area contributed by atoms with Gasteiger partial charge in [-0.05, 0) is 67.3 Å². The number of likely N-dealkylation sites (tertiary alicyclic amines) is 1. The lowest BCUT2D eigenvalue weighted by atomic mass is 10.1. The summed E-state index contributed by atoms with van der Waals surface area (Å²) in [5, 5.41) is 17.9. The third-order valence-corrected chi connectivity index (χ3v) is 7.95. The molecule has 2 aliphatic rings. The standard InChI is InChI=1S/C33H31F2N5O5/c34-25-4-7-32(38-28(25)20-44-30-6-2-22(17-36)15-26(30)35)45-23-9-12-39(13-10-23)19-31-37-27-5-1-21(3-8-33(41)42)16-29(27)40(31)18-24-11-14-43-24/h1-8,15-16,23-24H,9-14,18-20H2,(H,41,42)/b8-3+/t24-/m0/s1. The van der Waals surface area contributed by atoms with Gasteiger partial charge in [-0.15, -0.1) is 0 Å². The Morgan fingerprint density at radius 1 is 1.09 bits per heavy atom. The molecule has 2 saturated heterocycles. The molecule has 4 heterocycles. The molecule has 10 nitrogen and oxygen atoms in total. The van der Waals surface area contributed by atoms with Gasteiger partial charge in [-0.3, -0.25) is 4.90 Å². The predicted octanol–water partition coefficient (Wildman–Crippen LogP) is 5.09. The largest absolute Gasteiger partial charge is 0.484 e. The molecule has 1 atom stereocenters. The molecule has 2 aliphatic heterocycles. The van der Waals surface area contributed by atoms with Crippen LogP contribution in [0.5, 0.6) is 11.6 Å². The zero-order chi connectivity index (χ0) is 31.3. The molecule has 0 radical (unpaired) electrons. The first-order valence-electron chi connectivity index (χ1n) is 14.7. The molecule has 1 N–H and O–H groups in total. The zero-order valence-electron chi connectivity index (χ0n) is 24.4. The Bertz CT molecular complexity index is 1770. The Balaban J connectivity index is 1.08. The molecular formula is C33H31F2N5O5. The van der Waals surface area contributed by atoms with E-state index in [0.29, 0.717) is 13.1 Å². The maximum Gasteiger partial charge on any atom is 0.328 e. The molecule has 0 unspecified atom stereocenters. The van der Waals surface area contributed by atoms with Crippen LogP contribution in [0, 0.1) is 23.0 Å². The van der Waals surface area contributed by atoms with Crippen LogP contribution in [0.3, 0.4) is 0 Å². The average molecular weight is 616 g/mol. The van der Waals surface area contributed by atoms with E-state index in [-0.39, 0.29) is 41.7 Å². The van der Waals surface area contributed by atoms with Crippen molar-refractivity contribution in [1.29, 1.82) is 5.26 Å². The average Bonchev–Trinajstić information content (AvgIpc) is 3.35. The first-order valence-corrected chi connectivity index (χ1v) is 14.7. The van der Waals surface area contributed by atoms with Gasteiger partial charge in [-0.2, -0.15) is 5.26 Å². The third-order valence-electron chi connectivity index (χ3n) is 7.95. The monoisotopic (exact) mass is 615 g/mol. The highest BCUT2D eigenvalue weighted by Gasteiger charge is 2.26. The minimum Gasteiger partial charge on any atom is -0.484 e. The number of pyridine rings is 1. The van der Waals surface area contributed by atoms with Crippen LogP contribution in [0.25, 0.3) is 17.1 Å². The van der Waals surface area contributed by atoms with Crippen LogP contribution in [-0.4, -0.2) is 62.4 Å². The number of aromatic nitrogens is 3. The molecule has 2 fully saturated rings. The third kappa shape index (κ3) is 7.28. The fourth-order valence-electron chi connectivity index (χ4n) is 5.44. The molecule has 0 saturated carbocycles. The first kappa shape index (κ1) is 30.2. The maximum atomic E-state index is 14.5. The number of carboxylic acid groups (broad SMARTS) is 1. The SMILES string of the molecule is N#Cc1ccc(OCc2nc(OC3CCN(Cc4nc5ccc(/C=C/C(=O)O)cc5n4C[C@@H]4CCO4)CC3)ccc2F)c(F)c1. The lowest BCUT2D eigenvalue weighted by Gasteiger charge is -2.32. The Labute approximate surface area is 258 Å². The van der Waals surface area contributed by atoms with Crippen molar-refractivity contribution in [2.75, 3.05) is 19.7 Å². The van der Waals surface area contributed by atoms with Gasteiger partial charge in [0, 0.05) is 31.8 Å². The number of fused-ring (bicyclic) bond motifs is 1. The minimum atomic E-state index is -0.999. The number of hydrogen-bond donors (Lipinski definition) is 1. The number of benzene rings is 2. The smallest absolute Gasteiger partial charge is 0.328 e. The van der Waals surface area contributed by atoms with Crippen molar-refractivity contribution in [2.24, 2.45) is 0 Å². The van der Waals surface area contributed by atoms with Gasteiger partial charge < -0.3 is 23.9 Å². The van der Waals surface area contributed by atoms with Crippen LogP contribution in [0.2, 0.25) is 0 Å². The zero-order valence-corrected chi connectivity index (χ0v) is 24.4. The Kier molecular flexibility index (Phi) is 9.00. The van der Waals surface area contributed by atoms with Gasteiger partial charge in [0.05, 0.1) is 41.9 Å². The lowest BCUT2D eigenvalue weighted by Crippen LogP contribution is -2.39. The Morgan fingerprint density at radius 3 is 2.62 bits per heavy atom. The predicted molar refractivity (Wildman–Crippen MR) is 159 cm³/mol. The van der Waals surface area contributed by atoms with Gasteiger partial charge in [0.15, 0.2) is 11.6 Å². The molecule has 0 bridgehead atoms. The van der Waals surface area contributed by atoms with Gasteiger partial charge >= 0.3 is 5.97 Å². The molecule has 0 amide bonds. The topological polar surface area (TPSA) is 123 Å². The van der Waals surface area contributed by atoms with Crippen molar-refractivity contribution in [2.45, 2.75) is 51.2 Å². The number of imidazole rings is 1. The van der Waals surface area contributed by atoms with Crippen molar-refractivity contribution in [1.82, 2.24) is 19.4 Å². The fraction of sp³-hybridized carbons (Fsp3) is 0.333. The van der Waals surface area contributed by atoms with Gasteiger partial charge in [0.1, 0.15) is 30.0 Å². The van der Waals surface area contributed by atoms with E-state index in [4.69, 9.17) is 29.6 Å². The molecular weight excluding hydrogens is 584 g/mol. The van der Waals surface area contributed by atoms with Gasteiger partial charge in [-0.25, -0.2) is 23.5 Å². The number of piperidine rings is 1. The van der Waals surface area contributed by atoms with E-state index < -0.39 is 17.6 Å². The van der Waals surface area contributed by atoms with Crippen molar-refractivity contribution >= 4 is 23.1 Å². The van der Waals surface area contributed by atoms with Crippen molar-refractivity contribution in [3.8, 4) is 17.7 Å². The lowest BCUT2D eigenvalue weighted by molar-refractivity contribution is -0.131. The summed E-state index contributed by atoms with van der Waals surface area (Å²) in [5.41, 5.74) is 2.73. The van der Waals surface area contributed by atoms with E-state index in [1.165, 1.54) is 24.3 Å². The molecule has 6 rings (SSSR count). The van der Waals surface area contributed by atoms with E-state index >= 15 is 0 Å². The number of carbonyl (C=O) groups is 1. The van der Waals surface area contributed by atoms with Gasteiger partial charge in [0.2, 0.25) is 5.88 Å². The molecule has 0 aliphatic carbocycles. The number of nitrogens with zero attached hydrogens (tertiary/aromatic N) is 5. The summed E-state index contributed by atoms with van der Waals surface area (Å²) in [6.45, 7) is 3.29. The van der Waals surface area contributed by atoms with E-state index in [2.05, 4.69) is 14.5 Å². The Morgan fingerprint density at radius 2 is 1.91 bits per heavy atom. The molecule has 2 aromatic carbocycles. The normalized spacial score (nSPS) is 17.3. The second kappa shape index (κ2) is 13.4. The number of aliphatic carboxylic acids is 1. The van der Waals surface area contributed by atoms with Crippen molar-refractivity contribution in [3.63, 3.8) is 0 Å². The van der Waals surface area contributed by atoms with E-state index in [1.807, 2.05) is 24.3 Å². The maximum absolute atomic E-state index is 14.5. The molecule has 12 heteroatoms. The highest BCUT2D eigenvalue weighted by Crippen LogP contribution is 2.26. The van der Waals surface area contributed by atoms with Crippen LogP contribution in [0.1, 0.15) is 41.9 Å². The molecule has 2 aromatic heterocycles. The minimum absolute atomic E-state index is 0.00958. The van der Waals surface area contributed by atoms with Crippen LogP contribution in [0.15, 0.2) is 54.6 Å². The summed E-state index contributed by atoms with van der Waals surface area (Å²) in [4.78, 5) is 22.5. The quantitative estimate of drug-likeness (QED) is 0.230. The van der Waals surface area contributed by atoms with Crippen molar-refractivity contribution < 1.29 is 32.9 Å². The van der Waals surface area contributed by atoms with E-state index in [1.54, 1.807) is 6.08 Å². The van der Waals surface area contributed by atoms with Crippen LogP contribution in [0.4, 0.5) is 8.78 Å². The summed E-state index contributed by atoms with van der Waals surface area (Å²) < 4.78 is 48.0. The first-order chi connectivity index (χ1) is 21.8. The number of carboxylic acids is 1. The van der Waals surface area contributed by atoms with Crippen LogP contribution >= 0.6 is 0 Å². The summed E-state index contributed by atoms with van der Waals surface area (Å²) in [6.07, 6.45) is 5.16. The van der Waals surface area contributed by atoms with Gasteiger partial charge in [0.25, 0.3) is 0 Å². The summed E-state index contributed by atoms with van der Waals surface area (Å²) >= 11 is 0. The number of ether oxygens (including phenoxy) is 3. The second-order valence-electron chi connectivity index (χ2n) is 11.1. The number of nitriles is 1. The van der Waals surface area contributed by atoms with E-state index in [9.17, 15) is 13.6 Å². The summed E-state index contributed by atoms with van der Waals surface area (Å²) in [5.74, 6) is -1.21. The number of hydrogen-bond acceptors (Lipinski definition) is 8. The molecule has 4 aromatic rings. The summed E-state index contributed by atoms with van der Waals surface area (Å²) in [6, 6.07) is 14.1. The van der Waals surface area contributed by atoms with Crippen molar-refractivity contribution in [3.05, 3.63) is 88.9 Å². The van der Waals surface area contributed by atoms with Gasteiger partial charge in [-0.1, -0.05) is 6.07 Å². The Hall–Kier alpha value is -4.86. The summed E-state index contributed by atoms with van der Waals surface area (Å²) in [7, 11) is 0. The highest BCUT2D eigenvalue weighted by atomic mass is 19.1. The highest BCUT2D eigenvalue weighted by molar-refractivity contribution is 5.87. The molecule has 0 spiro atoms. The van der Waals surface area contributed by atoms with Crippen LogP contribution < -0.4 is 9.47 Å². The fourth-order valence-corrected chi connectivity index (χ4v) is 5.44. The molecule has 45 heavy (non-hydrogen) atoms. The number of rotatable bonds is 11. The van der Waals surface area contributed by atoms with Crippen LogP contribution in [-0.2, 0) is 29.2 Å². The van der Waals surface area contributed by atoms with E-state index in [0.717, 1.165) is 73.5 Å². The molecule has 232 valence electrons. The second-order valence-corrected chi connectivity index (χ2v) is 11.1.